The molecule has 2 aromatic heterocycles. The number of aryl methyl sites for hydroxylation is 3. The van der Waals surface area contributed by atoms with Crippen molar-refractivity contribution < 1.29 is 9.53 Å². The van der Waals surface area contributed by atoms with Crippen LogP contribution in [0.4, 0.5) is 0 Å². The van der Waals surface area contributed by atoms with Gasteiger partial charge in [0.1, 0.15) is 6.61 Å². The Balaban J connectivity index is 1.60. The number of imidazole rings is 1. The second kappa shape index (κ2) is 7.61. The average Bonchev–Trinajstić information content (AvgIpc) is 3.08. The maximum atomic E-state index is 12.4. The number of aromatic nitrogens is 4. The Labute approximate surface area is 155 Å². The number of hydrogen-bond acceptors (Lipinski definition) is 5. The number of carbonyl (C=O) groups is 1. The van der Waals surface area contributed by atoms with Gasteiger partial charge in [-0.05, 0) is 18.9 Å². The second-order valence-electron chi connectivity index (χ2n) is 6.57. The summed E-state index contributed by atoms with van der Waals surface area (Å²) in [6, 6.07) is 7.81. The molecule has 0 saturated heterocycles. The summed E-state index contributed by atoms with van der Waals surface area (Å²) >= 11 is 0. The van der Waals surface area contributed by atoms with Crippen molar-refractivity contribution in [3.8, 4) is 0 Å². The van der Waals surface area contributed by atoms with Gasteiger partial charge in [0.2, 0.25) is 0 Å². The Morgan fingerprint density at radius 3 is 2.52 bits per heavy atom. The monoisotopic (exact) mass is 370 g/mol. The maximum Gasteiger partial charge on any atom is 0.332 e. The number of ether oxygens (including phenoxy) is 1. The van der Waals surface area contributed by atoms with Gasteiger partial charge in [-0.15, -0.1) is 0 Å². The standard InChI is InChI=1S/C19H22N4O4/c1-13-6-8-14(9-7-13)11-27-15(24)5-4-10-23-12-20-17-16(23)18(25)22(3)19(26)21(17)2/h6-9,12H,4-5,10-11H2,1-3H3. The minimum absolute atomic E-state index is 0.234. The summed E-state index contributed by atoms with van der Waals surface area (Å²) in [5, 5.41) is 0. The molecule has 3 aromatic rings. The van der Waals surface area contributed by atoms with Crippen LogP contribution in [0.2, 0.25) is 0 Å². The number of esters is 1. The van der Waals surface area contributed by atoms with Crippen LogP contribution in [0, 0.1) is 6.92 Å². The van der Waals surface area contributed by atoms with E-state index in [1.54, 1.807) is 11.6 Å². The maximum absolute atomic E-state index is 12.4. The molecule has 0 aliphatic rings. The molecule has 0 amide bonds. The molecule has 0 unspecified atom stereocenters. The largest absolute Gasteiger partial charge is 0.461 e. The molecule has 8 nitrogen and oxygen atoms in total. The molecule has 0 fully saturated rings. The summed E-state index contributed by atoms with van der Waals surface area (Å²) < 4.78 is 9.34. The van der Waals surface area contributed by atoms with Gasteiger partial charge in [-0.25, -0.2) is 9.78 Å². The predicted molar refractivity (Wildman–Crippen MR) is 100 cm³/mol. The fourth-order valence-electron chi connectivity index (χ4n) is 2.88. The summed E-state index contributed by atoms with van der Waals surface area (Å²) in [5.74, 6) is -0.291. The lowest BCUT2D eigenvalue weighted by Crippen LogP contribution is -2.37. The summed E-state index contributed by atoms with van der Waals surface area (Å²) in [7, 11) is 3.01. The van der Waals surface area contributed by atoms with E-state index in [4.69, 9.17) is 4.74 Å². The summed E-state index contributed by atoms with van der Waals surface area (Å²) in [6.45, 7) is 2.68. The van der Waals surface area contributed by atoms with Crippen molar-refractivity contribution >= 4 is 17.1 Å². The molecule has 0 saturated carbocycles. The molecule has 1 aromatic carbocycles. The summed E-state index contributed by atoms with van der Waals surface area (Å²) in [6.07, 6.45) is 2.25. The minimum Gasteiger partial charge on any atom is -0.461 e. The first kappa shape index (κ1) is 18.6. The van der Waals surface area contributed by atoms with Gasteiger partial charge < -0.3 is 9.30 Å². The molecule has 0 aliphatic heterocycles. The first-order valence-electron chi connectivity index (χ1n) is 8.70. The topological polar surface area (TPSA) is 88.1 Å². The third-order valence-corrected chi connectivity index (χ3v) is 4.52. The van der Waals surface area contributed by atoms with Crippen LogP contribution >= 0.6 is 0 Å². The van der Waals surface area contributed by atoms with Crippen LogP contribution in [0.5, 0.6) is 0 Å². The lowest BCUT2D eigenvalue weighted by atomic mass is 10.2. The number of nitrogens with zero attached hydrogens (tertiary/aromatic N) is 4. The van der Waals surface area contributed by atoms with Gasteiger partial charge in [-0.2, -0.15) is 0 Å². The van der Waals surface area contributed by atoms with E-state index in [1.807, 2.05) is 31.2 Å². The molecular weight excluding hydrogens is 348 g/mol. The zero-order valence-electron chi connectivity index (χ0n) is 15.6. The van der Waals surface area contributed by atoms with Crippen LogP contribution < -0.4 is 11.2 Å². The van der Waals surface area contributed by atoms with E-state index in [0.29, 0.717) is 24.1 Å². The van der Waals surface area contributed by atoms with E-state index in [-0.39, 0.29) is 19.0 Å². The molecule has 0 aliphatic carbocycles. The highest BCUT2D eigenvalue weighted by atomic mass is 16.5. The minimum atomic E-state index is -0.419. The van der Waals surface area contributed by atoms with E-state index in [0.717, 1.165) is 15.7 Å². The van der Waals surface area contributed by atoms with E-state index in [9.17, 15) is 14.4 Å². The number of carbonyl (C=O) groups excluding carboxylic acids is 1. The zero-order valence-corrected chi connectivity index (χ0v) is 15.6. The van der Waals surface area contributed by atoms with Crippen molar-refractivity contribution in [1.29, 1.82) is 0 Å². The van der Waals surface area contributed by atoms with Crippen molar-refractivity contribution in [3.05, 3.63) is 62.6 Å². The van der Waals surface area contributed by atoms with Gasteiger partial charge in [-0.1, -0.05) is 29.8 Å². The Kier molecular flexibility index (Phi) is 5.25. The highest BCUT2D eigenvalue weighted by Crippen LogP contribution is 2.09. The Bertz CT molecular complexity index is 1090. The quantitative estimate of drug-likeness (QED) is 0.610. The van der Waals surface area contributed by atoms with Crippen LogP contribution in [0.3, 0.4) is 0 Å². The number of fused-ring (bicyclic) bond motifs is 1. The van der Waals surface area contributed by atoms with Crippen molar-refractivity contribution in [3.63, 3.8) is 0 Å². The normalized spacial score (nSPS) is 11.1. The fraction of sp³-hybridized carbons (Fsp3) is 0.368. The lowest BCUT2D eigenvalue weighted by Gasteiger charge is -2.07. The molecule has 0 N–H and O–H groups in total. The van der Waals surface area contributed by atoms with Crippen molar-refractivity contribution in [2.24, 2.45) is 14.1 Å². The van der Waals surface area contributed by atoms with Gasteiger partial charge in [0.05, 0.1) is 6.33 Å². The van der Waals surface area contributed by atoms with Gasteiger partial charge >= 0.3 is 11.7 Å². The van der Waals surface area contributed by atoms with Crippen molar-refractivity contribution in [1.82, 2.24) is 18.7 Å². The Hall–Kier alpha value is -3.16. The highest BCUT2D eigenvalue weighted by Gasteiger charge is 2.14. The van der Waals surface area contributed by atoms with E-state index >= 15 is 0 Å². The van der Waals surface area contributed by atoms with E-state index < -0.39 is 11.2 Å². The van der Waals surface area contributed by atoms with Crippen LogP contribution in [0.1, 0.15) is 24.0 Å². The fourth-order valence-corrected chi connectivity index (χ4v) is 2.88. The van der Waals surface area contributed by atoms with Gasteiger partial charge in [0.25, 0.3) is 5.56 Å². The predicted octanol–water partition coefficient (Wildman–Crippen LogP) is 1.27. The SMILES string of the molecule is Cc1ccc(COC(=O)CCCn2cnc3c2c(=O)n(C)c(=O)n3C)cc1. The van der Waals surface area contributed by atoms with Crippen LogP contribution in [-0.4, -0.2) is 24.7 Å². The van der Waals surface area contributed by atoms with Gasteiger partial charge in [0, 0.05) is 27.1 Å². The molecule has 0 spiro atoms. The van der Waals surface area contributed by atoms with Crippen molar-refractivity contribution in [2.45, 2.75) is 32.9 Å². The molecule has 8 heteroatoms. The van der Waals surface area contributed by atoms with Crippen molar-refractivity contribution in [2.75, 3.05) is 0 Å². The van der Waals surface area contributed by atoms with Gasteiger partial charge in [0.15, 0.2) is 11.2 Å². The zero-order chi connectivity index (χ0) is 19.6. The van der Waals surface area contributed by atoms with E-state index in [2.05, 4.69) is 4.98 Å². The summed E-state index contributed by atoms with van der Waals surface area (Å²) in [5.41, 5.74) is 1.97. The lowest BCUT2D eigenvalue weighted by molar-refractivity contribution is -0.145. The Morgan fingerprint density at radius 1 is 1.11 bits per heavy atom. The molecule has 0 atom stereocenters. The molecule has 0 bridgehead atoms. The number of benzene rings is 1. The number of hydrogen-bond donors (Lipinski definition) is 0. The average molecular weight is 370 g/mol. The molecule has 142 valence electrons. The Morgan fingerprint density at radius 2 is 1.81 bits per heavy atom. The third kappa shape index (κ3) is 3.84. The molecule has 0 radical (unpaired) electrons. The highest BCUT2D eigenvalue weighted by molar-refractivity contribution is 5.70. The van der Waals surface area contributed by atoms with Crippen LogP contribution in [-0.2, 0) is 36.8 Å². The van der Waals surface area contributed by atoms with E-state index in [1.165, 1.54) is 17.9 Å². The summed E-state index contributed by atoms with van der Waals surface area (Å²) in [4.78, 5) is 40.4. The van der Waals surface area contributed by atoms with Crippen LogP contribution in [0.15, 0.2) is 40.2 Å². The molecule has 27 heavy (non-hydrogen) atoms. The second-order valence-corrected chi connectivity index (χ2v) is 6.57. The van der Waals surface area contributed by atoms with Gasteiger partial charge in [-0.3, -0.25) is 18.7 Å². The first-order valence-corrected chi connectivity index (χ1v) is 8.70. The molecule has 3 rings (SSSR count). The molecular formula is C19H22N4O4. The van der Waals surface area contributed by atoms with Crippen LogP contribution in [0.25, 0.3) is 11.2 Å². The smallest absolute Gasteiger partial charge is 0.332 e. The number of rotatable bonds is 6. The first-order chi connectivity index (χ1) is 12.9. The molecule has 2 heterocycles. The third-order valence-electron chi connectivity index (χ3n) is 4.52.